The van der Waals surface area contributed by atoms with Crippen LogP contribution in [0.5, 0.6) is 0 Å². The maximum atomic E-state index is 12.8. The van der Waals surface area contributed by atoms with Gasteiger partial charge in [-0.3, -0.25) is 9.59 Å². The van der Waals surface area contributed by atoms with E-state index in [2.05, 4.69) is 29.6 Å². The van der Waals surface area contributed by atoms with Gasteiger partial charge in [-0.25, -0.2) is 4.79 Å². The molecular weight excluding hydrogens is 432 g/mol. The van der Waals surface area contributed by atoms with Crippen LogP contribution in [0, 0.1) is 17.8 Å². The number of hydrogen-bond donors (Lipinski definition) is 2. The molecule has 1 heterocycles. The first kappa shape index (κ1) is 23.8. The maximum Gasteiger partial charge on any atom is 0.407 e. The largest absolute Gasteiger partial charge is 0.481 e. The van der Waals surface area contributed by atoms with Gasteiger partial charge in [-0.1, -0.05) is 62.4 Å². The number of carboxylic acids is 1. The van der Waals surface area contributed by atoms with Crippen LogP contribution < -0.4 is 5.32 Å². The number of alkyl carbamates (subject to hydrolysis) is 1. The zero-order valence-electron chi connectivity index (χ0n) is 19.7. The second-order valence-corrected chi connectivity index (χ2v) is 9.52. The van der Waals surface area contributed by atoms with Crippen LogP contribution in [-0.4, -0.2) is 54.2 Å². The summed E-state index contributed by atoms with van der Waals surface area (Å²) in [5.41, 5.74) is 4.69. The number of aliphatic carboxylic acids is 1. The lowest BCUT2D eigenvalue weighted by Gasteiger charge is -2.21. The predicted molar refractivity (Wildman–Crippen MR) is 128 cm³/mol. The van der Waals surface area contributed by atoms with Gasteiger partial charge in [0.2, 0.25) is 5.91 Å². The molecule has 2 N–H and O–H groups in total. The Morgan fingerprint density at radius 3 is 2.29 bits per heavy atom. The highest BCUT2D eigenvalue weighted by Crippen LogP contribution is 2.44. The van der Waals surface area contributed by atoms with E-state index in [0.29, 0.717) is 26.1 Å². The van der Waals surface area contributed by atoms with Crippen LogP contribution in [0.2, 0.25) is 0 Å². The quantitative estimate of drug-likeness (QED) is 0.613. The molecule has 2 aromatic carbocycles. The zero-order valence-corrected chi connectivity index (χ0v) is 19.7. The maximum absolute atomic E-state index is 12.8. The van der Waals surface area contributed by atoms with E-state index in [0.717, 1.165) is 11.1 Å². The summed E-state index contributed by atoms with van der Waals surface area (Å²) in [6.07, 6.45) is 0.0954. The van der Waals surface area contributed by atoms with Gasteiger partial charge in [0, 0.05) is 31.5 Å². The first-order chi connectivity index (χ1) is 16.3. The minimum Gasteiger partial charge on any atom is -0.481 e. The number of nitrogens with one attached hydrogen (secondary N) is 1. The Kier molecular flexibility index (Phi) is 7.20. The van der Waals surface area contributed by atoms with Crippen molar-refractivity contribution in [1.82, 2.24) is 10.2 Å². The van der Waals surface area contributed by atoms with Crippen molar-refractivity contribution in [3.63, 3.8) is 0 Å². The Morgan fingerprint density at radius 2 is 1.68 bits per heavy atom. The molecule has 1 aliphatic heterocycles. The summed E-state index contributed by atoms with van der Waals surface area (Å²) in [5, 5.41) is 11.8. The van der Waals surface area contributed by atoms with E-state index in [4.69, 9.17) is 9.84 Å². The molecule has 0 aromatic heterocycles. The lowest BCUT2D eigenvalue weighted by Crippen LogP contribution is -2.36. The Bertz CT molecular complexity index is 1020. The number of likely N-dealkylation sites (tertiary alicyclic amines) is 1. The van der Waals surface area contributed by atoms with Gasteiger partial charge in [0.25, 0.3) is 0 Å². The van der Waals surface area contributed by atoms with Crippen molar-refractivity contribution >= 4 is 18.0 Å². The molecule has 1 saturated heterocycles. The normalized spacial score (nSPS) is 19.9. The van der Waals surface area contributed by atoms with Gasteiger partial charge in [0.1, 0.15) is 6.61 Å². The minimum absolute atomic E-state index is 0.00685. The molecule has 0 saturated carbocycles. The molecule has 180 valence electrons. The van der Waals surface area contributed by atoms with Crippen molar-refractivity contribution in [3.8, 4) is 11.1 Å². The monoisotopic (exact) mass is 464 g/mol. The van der Waals surface area contributed by atoms with Gasteiger partial charge < -0.3 is 20.1 Å². The van der Waals surface area contributed by atoms with Gasteiger partial charge in [-0.05, 0) is 40.5 Å². The molecule has 7 heteroatoms. The Balaban J connectivity index is 1.23. The summed E-state index contributed by atoms with van der Waals surface area (Å²) < 4.78 is 5.55. The standard InChI is InChI=1S/C27H32N2O5/c1-17(26(32)29-14-18(2)19(15-29)13-25(30)31)11-12-28-27(33)34-16-24-22-9-5-3-7-20(22)21-8-4-6-10-23(21)24/h3-10,17-19,24H,11-16H2,1-2H3,(H,28,33)(H,30,31). The highest BCUT2D eigenvalue weighted by Gasteiger charge is 2.35. The zero-order chi connectivity index (χ0) is 24.2. The van der Waals surface area contributed by atoms with Crippen LogP contribution in [0.15, 0.2) is 48.5 Å². The molecule has 34 heavy (non-hydrogen) atoms. The van der Waals surface area contributed by atoms with E-state index < -0.39 is 12.1 Å². The molecule has 0 bridgehead atoms. The second kappa shape index (κ2) is 10.3. The van der Waals surface area contributed by atoms with Crippen molar-refractivity contribution in [2.45, 2.75) is 32.6 Å². The molecule has 1 aliphatic carbocycles. The van der Waals surface area contributed by atoms with Crippen molar-refractivity contribution in [2.24, 2.45) is 17.8 Å². The third-order valence-corrected chi connectivity index (χ3v) is 7.13. The van der Waals surface area contributed by atoms with Gasteiger partial charge in [-0.2, -0.15) is 0 Å². The molecule has 0 radical (unpaired) electrons. The van der Waals surface area contributed by atoms with Crippen molar-refractivity contribution in [3.05, 3.63) is 59.7 Å². The number of benzene rings is 2. The Labute approximate surface area is 200 Å². The summed E-state index contributed by atoms with van der Waals surface area (Å²) in [4.78, 5) is 37.9. The molecule has 0 spiro atoms. The van der Waals surface area contributed by atoms with Crippen LogP contribution in [-0.2, 0) is 14.3 Å². The molecule has 2 aliphatic rings. The number of fused-ring (bicyclic) bond motifs is 3. The van der Waals surface area contributed by atoms with E-state index in [1.807, 2.05) is 38.1 Å². The smallest absolute Gasteiger partial charge is 0.407 e. The van der Waals surface area contributed by atoms with Gasteiger partial charge in [0.15, 0.2) is 0 Å². The minimum atomic E-state index is -0.827. The topological polar surface area (TPSA) is 95.9 Å². The number of carboxylic acid groups (broad SMARTS) is 1. The van der Waals surface area contributed by atoms with E-state index in [-0.39, 0.29) is 42.6 Å². The molecule has 3 atom stereocenters. The van der Waals surface area contributed by atoms with Gasteiger partial charge in [0.05, 0.1) is 6.42 Å². The molecule has 2 aromatic rings. The fraction of sp³-hybridized carbons (Fsp3) is 0.444. The summed E-state index contributed by atoms with van der Waals surface area (Å²) in [6, 6.07) is 16.4. The molecule has 3 unspecified atom stereocenters. The predicted octanol–water partition coefficient (Wildman–Crippen LogP) is 4.12. The fourth-order valence-corrected chi connectivity index (χ4v) is 5.18. The Hall–Kier alpha value is -3.35. The number of carbonyl (C=O) groups excluding carboxylic acids is 2. The second-order valence-electron chi connectivity index (χ2n) is 9.52. The van der Waals surface area contributed by atoms with E-state index in [1.54, 1.807) is 4.90 Å². The van der Waals surface area contributed by atoms with Crippen molar-refractivity contribution in [2.75, 3.05) is 26.2 Å². The first-order valence-corrected chi connectivity index (χ1v) is 11.9. The molecule has 4 rings (SSSR count). The number of amides is 2. The lowest BCUT2D eigenvalue weighted by molar-refractivity contribution is -0.139. The number of ether oxygens (including phenoxy) is 1. The third-order valence-electron chi connectivity index (χ3n) is 7.13. The SMILES string of the molecule is CC(CCNC(=O)OCC1c2ccccc2-c2ccccc21)C(=O)N1CC(C)C(CC(=O)O)C1. The van der Waals surface area contributed by atoms with Gasteiger partial charge >= 0.3 is 12.1 Å². The Morgan fingerprint density at radius 1 is 1.06 bits per heavy atom. The van der Waals surface area contributed by atoms with Gasteiger partial charge in [-0.15, -0.1) is 0 Å². The highest BCUT2D eigenvalue weighted by atomic mass is 16.5. The fourth-order valence-electron chi connectivity index (χ4n) is 5.18. The molecule has 1 fully saturated rings. The van der Waals surface area contributed by atoms with Crippen molar-refractivity contribution < 1.29 is 24.2 Å². The van der Waals surface area contributed by atoms with E-state index in [9.17, 15) is 14.4 Å². The third kappa shape index (κ3) is 5.08. The molecule has 7 nitrogen and oxygen atoms in total. The average molecular weight is 465 g/mol. The van der Waals surface area contributed by atoms with E-state index in [1.165, 1.54) is 11.1 Å². The summed E-state index contributed by atoms with van der Waals surface area (Å²) in [5.74, 6) is -0.904. The number of hydrogen-bond acceptors (Lipinski definition) is 4. The molecular formula is C27H32N2O5. The van der Waals surface area contributed by atoms with Crippen LogP contribution >= 0.6 is 0 Å². The van der Waals surface area contributed by atoms with Crippen LogP contribution in [0.1, 0.15) is 43.7 Å². The number of carbonyl (C=O) groups is 3. The summed E-state index contributed by atoms with van der Waals surface area (Å²) in [7, 11) is 0. The summed E-state index contributed by atoms with van der Waals surface area (Å²) >= 11 is 0. The van der Waals surface area contributed by atoms with Crippen LogP contribution in [0.3, 0.4) is 0 Å². The number of rotatable bonds is 8. The highest BCUT2D eigenvalue weighted by molar-refractivity contribution is 5.80. The summed E-state index contributed by atoms with van der Waals surface area (Å²) in [6.45, 7) is 5.50. The van der Waals surface area contributed by atoms with E-state index >= 15 is 0 Å². The van der Waals surface area contributed by atoms with Crippen molar-refractivity contribution in [1.29, 1.82) is 0 Å². The molecule has 2 amide bonds. The number of nitrogens with zero attached hydrogens (tertiary/aromatic N) is 1. The lowest BCUT2D eigenvalue weighted by atomic mass is 9.95. The van der Waals surface area contributed by atoms with Crippen LogP contribution in [0.25, 0.3) is 11.1 Å². The first-order valence-electron chi connectivity index (χ1n) is 11.9. The van der Waals surface area contributed by atoms with Crippen LogP contribution in [0.4, 0.5) is 4.79 Å². The average Bonchev–Trinajstić information content (AvgIpc) is 3.34.